The molecule has 4 rings (SSSR count). The van der Waals surface area contributed by atoms with Crippen LogP contribution in [0.5, 0.6) is 5.75 Å². The third-order valence-corrected chi connectivity index (χ3v) is 4.98. The Balaban J connectivity index is 2.19. The van der Waals surface area contributed by atoms with Gasteiger partial charge in [-0.3, -0.25) is 9.59 Å². The third kappa shape index (κ3) is 1.92. The maximum Gasteiger partial charge on any atom is 0.163 e. The van der Waals surface area contributed by atoms with E-state index in [1.807, 2.05) is 12.1 Å². The van der Waals surface area contributed by atoms with Crippen LogP contribution in [-0.4, -0.2) is 21.2 Å². The van der Waals surface area contributed by atoms with Crippen LogP contribution in [0.25, 0.3) is 21.8 Å². The monoisotopic (exact) mass is 321 g/mol. The summed E-state index contributed by atoms with van der Waals surface area (Å²) < 4.78 is 2.18. The molecule has 0 unspecified atom stereocenters. The molecule has 1 aromatic heterocycles. The first-order chi connectivity index (χ1) is 11.5. The largest absolute Gasteiger partial charge is 0.507 e. The van der Waals surface area contributed by atoms with E-state index in [-0.39, 0.29) is 17.3 Å². The maximum absolute atomic E-state index is 12.1. The minimum atomic E-state index is -0.158. The summed E-state index contributed by atoms with van der Waals surface area (Å²) in [6.07, 6.45) is 2.25. The number of carbonyl (C=O) groups is 2. The highest BCUT2D eigenvalue weighted by molar-refractivity contribution is 6.16. The Morgan fingerprint density at radius 3 is 2.71 bits per heavy atom. The van der Waals surface area contributed by atoms with Crippen molar-refractivity contribution in [1.82, 2.24) is 4.57 Å². The van der Waals surface area contributed by atoms with Gasteiger partial charge in [-0.25, -0.2) is 0 Å². The highest BCUT2D eigenvalue weighted by atomic mass is 16.3. The molecule has 2 aromatic carbocycles. The molecule has 122 valence electrons. The summed E-state index contributed by atoms with van der Waals surface area (Å²) in [6, 6.07) is 7.39. The van der Waals surface area contributed by atoms with Crippen LogP contribution in [0.3, 0.4) is 0 Å². The van der Waals surface area contributed by atoms with Crippen LogP contribution in [-0.2, 0) is 13.0 Å². The lowest BCUT2D eigenvalue weighted by molar-refractivity contribution is 0.0991. The number of aryl methyl sites for hydroxylation is 2. The molecular weight excluding hydrogens is 302 g/mol. The number of nitrogens with zero attached hydrogens (tertiary/aromatic N) is 1. The van der Waals surface area contributed by atoms with Gasteiger partial charge in [-0.05, 0) is 43.5 Å². The molecule has 0 amide bonds. The van der Waals surface area contributed by atoms with Gasteiger partial charge in [0.05, 0.1) is 11.1 Å². The van der Waals surface area contributed by atoms with Crippen LogP contribution in [0, 0.1) is 0 Å². The molecule has 1 N–H and O–H groups in total. The second kappa shape index (κ2) is 5.20. The van der Waals surface area contributed by atoms with Crippen molar-refractivity contribution in [2.75, 3.05) is 0 Å². The first kappa shape index (κ1) is 14.9. The normalized spacial score (nSPS) is 13.8. The number of aromatic hydroxyl groups is 1. The average molecular weight is 321 g/mol. The van der Waals surface area contributed by atoms with Crippen LogP contribution in [0.2, 0.25) is 0 Å². The lowest BCUT2D eigenvalue weighted by Crippen LogP contribution is -1.97. The van der Waals surface area contributed by atoms with E-state index in [1.54, 1.807) is 12.1 Å². The molecule has 0 atom stereocenters. The minimum absolute atomic E-state index is 0.0166. The Labute approximate surface area is 139 Å². The van der Waals surface area contributed by atoms with Crippen LogP contribution in [0.15, 0.2) is 24.3 Å². The zero-order chi connectivity index (χ0) is 17.0. The van der Waals surface area contributed by atoms with E-state index < -0.39 is 0 Å². The van der Waals surface area contributed by atoms with Crippen LogP contribution in [0.1, 0.15) is 53.0 Å². The number of phenols is 1. The van der Waals surface area contributed by atoms with E-state index in [0.29, 0.717) is 12.0 Å². The van der Waals surface area contributed by atoms with Crippen LogP contribution >= 0.6 is 0 Å². The van der Waals surface area contributed by atoms with Crippen molar-refractivity contribution in [2.45, 2.75) is 39.7 Å². The summed E-state index contributed by atoms with van der Waals surface area (Å²) in [5.41, 5.74) is 4.20. The molecule has 4 nitrogen and oxygen atoms in total. The summed E-state index contributed by atoms with van der Waals surface area (Å²) in [4.78, 5) is 23.9. The second-order valence-corrected chi connectivity index (χ2v) is 6.50. The summed E-state index contributed by atoms with van der Waals surface area (Å²) >= 11 is 0. The van der Waals surface area contributed by atoms with Crippen molar-refractivity contribution in [1.29, 1.82) is 0 Å². The Morgan fingerprint density at radius 1 is 1.21 bits per heavy atom. The van der Waals surface area contributed by atoms with Crippen molar-refractivity contribution < 1.29 is 14.7 Å². The fourth-order valence-corrected chi connectivity index (χ4v) is 3.93. The standard InChI is InChI=1S/C20H19NO3/c1-3-8-21-16-6-4-12-13(5-7-18(12)23)20(16)15-9-14(11(2)22)19(24)10-17(15)21/h4,6,9-10,24H,3,5,7-8H2,1-2H3. The number of aromatic nitrogens is 1. The van der Waals surface area contributed by atoms with Crippen molar-refractivity contribution in [3.63, 3.8) is 0 Å². The number of carbonyl (C=O) groups excluding carboxylic acids is 2. The van der Waals surface area contributed by atoms with E-state index in [2.05, 4.69) is 11.5 Å². The van der Waals surface area contributed by atoms with Gasteiger partial charge >= 0.3 is 0 Å². The molecule has 1 heterocycles. The second-order valence-electron chi connectivity index (χ2n) is 6.50. The van der Waals surface area contributed by atoms with Gasteiger partial charge in [0.2, 0.25) is 0 Å². The van der Waals surface area contributed by atoms with Gasteiger partial charge in [-0.2, -0.15) is 0 Å². The maximum atomic E-state index is 12.1. The number of Topliss-reactive ketones (excluding diaryl/α,β-unsaturated/α-hetero) is 2. The Bertz CT molecular complexity index is 1030. The molecule has 0 fully saturated rings. The summed E-state index contributed by atoms with van der Waals surface area (Å²) in [6.45, 7) is 4.39. The highest BCUT2D eigenvalue weighted by Crippen LogP contribution is 2.39. The quantitative estimate of drug-likeness (QED) is 0.734. The van der Waals surface area contributed by atoms with Crippen molar-refractivity contribution in [2.24, 2.45) is 0 Å². The number of rotatable bonds is 3. The lowest BCUT2D eigenvalue weighted by atomic mass is 10.0. The SMILES string of the molecule is CCCn1c2cc(O)c(C(C)=O)cc2c2c3c(ccc21)C(=O)CC3. The molecule has 1 aliphatic rings. The van der Waals surface area contributed by atoms with E-state index in [0.717, 1.165) is 52.3 Å². The molecule has 0 saturated heterocycles. The van der Waals surface area contributed by atoms with E-state index in [9.17, 15) is 14.7 Å². The molecule has 0 spiro atoms. The predicted molar refractivity (Wildman–Crippen MR) is 94.1 cm³/mol. The Hall–Kier alpha value is -2.62. The number of benzene rings is 2. The van der Waals surface area contributed by atoms with Gasteiger partial charge in [0.15, 0.2) is 11.6 Å². The number of phenolic OH excluding ortho intramolecular Hbond substituents is 1. The van der Waals surface area contributed by atoms with Gasteiger partial charge in [0.1, 0.15) is 5.75 Å². The zero-order valence-corrected chi connectivity index (χ0v) is 13.8. The van der Waals surface area contributed by atoms with Gasteiger partial charge in [0, 0.05) is 40.9 Å². The predicted octanol–water partition coefficient (Wildman–Crippen LogP) is 4.24. The van der Waals surface area contributed by atoms with Crippen molar-refractivity contribution >= 4 is 33.4 Å². The van der Waals surface area contributed by atoms with Crippen molar-refractivity contribution in [3.05, 3.63) is 41.0 Å². The number of ketones is 2. The lowest BCUT2D eigenvalue weighted by Gasteiger charge is -2.07. The number of hydrogen-bond acceptors (Lipinski definition) is 3. The summed E-state index contributed by atoms with van der Waals surface area (Å²) in [7, 11) is 0. The smallest absolute Gasteiger partial charge is 0.163 e. The third-order valence-electron chi connectivity index (χ3n) is 4.98. The van der Waals surface area contributed by atoms with Gasteiger partial charge in [-0.1, -0.05) is 6.92 Å². The molecular formula is C20H19NO3. The van der Waals surface area contributed by atoms with Crippen LogP contribution in [0.4, 0.5) is 0 Å². The fraction of sp³-hybridized carbons (Fsp3) is 0.300. The van der Waals surface area contributed by atoms with E-state index in [4.69, 9.17) is 0 Å². The molecule has 1 aliphatic carbocycles. The molecule has 0 bridgehead atoms. The molecule has 3 aromatic rings. The molecule has 0 aliphatic heterocycles. The summed E-state index contributed by atoms with van der Waals surface area (Å²) in [5, 5.41) is 12.3. The number of fused-ring (bicyclic) bond motifs is 5. The topological polar surface area (TPSA) is 59.3 Å². The zero-order valence-electron chi connectivity index (χ0n) is 13.8. The molecule has 0 saturated carbocycles. The molecule has 0 radical (unpaired) electrons. The average Bonchev–Trinajstić information content (AvgIpc) is 3.06. The van der Waals surface area contributed by atoms with Gasteiger partial charge < -0.3 is 9.67 Å². The molecule has 4 heteroatoms. The highest BCUT2D eigenvalue weighted by Gasteiger charge is 2.25. The first-order valence-corrected chi connectivity index (χ1v) is 8.37. The van der Waals surface area contributed by atoms with Crippen LogP contribution < -0.4 is 0 Å². The van der Waals surface area contributed by atoms with Gasteiger partial charge in [0.25, 0.3) is 0 Å². The molecule has 24 heavy (non-hydrogen) atoms. The Morgan fingerprint density at radius 2 is 2.00 bits per heavy atom. The van der Waals surface area contributed by atoms with Crippen molar-refractivity contribution in [3.8, 4) is 5.75 Å². The number of hydrogen-bond donors (Lipinski definition) is 1. The van der Waals surface area contributed by atoms with E-state index >= 15 is 0 Å². The summed E-state index contributed by atoms with van der Waals surface area (Å²) in [5.74, 6) is 0.0474. The van der Waals surface area contributed by atoms with E-state index in [1.165, 1.54) is 6.92 Å². The Kier molecular flexibility index (Phi) is 3.23. The fourth-order valence-electron chi connectivity index (χ4n) is 3.93. The van der Waals surface area contributed by atoms with Gasteiger partial charge in [-0.15, -0.1) is 0 Å². The first-order valence-electron chi connectivity index (χ1n) is 8.37. The minimum Gasteiger partial charge on any atom is -0.507 e.